The van der Waals surface area contributed by atoms with Crippen molar-refractivity contribution in [1.29, 1.82) is 0 Å². The van der Waals surface area contributed by atoms with Crippen LogP contribution in [0.1, 0.15) is 37.7 Å². The molecule has 1 N–H and O–H groups in total. The van der Waals surface area contributed by atoms with Crippen molar-refractivity contribution >= 4 is 16.8 Å². The third kappa shape index (κ3) is 4.43. The van der Waals surface area contributed by atoms with Crippen molar-refractivity contribution in [1.82, 2.24) is 19.5 Å². The van der Waals surface area contributed by atoms with Gasteiger partial charge in [-0.2, -0.15) is 9.65 Å². The van der Waals surface area contributed by atoms with Crippen molar-refractivity contribution in [2.45, 2.75) is 48.8 Å². The first kappa shape index (κ1) is 20.9. The number of benzene rings is 2. The Balaban J connectivity index is 1.23. The smallest absolute Gasteiger partial charge is 0.190 e. The molecule has 0 amide bonds. The molecule has 2 fully saturated rings. The van der Waals surface area contributed by atoms with Gasteiger partial charge < -0.3 is 0 Å². The van der Waals surface area contributed by atoms with Crippen LogP contribution in [-0.4, -0.2) is 42.4 Å². The molecule has 2 aromatic heterocycles. The molecular formula is C27H29N4OS+. The van der Waals surface area contributed by atoms with Crippen LogP contribution in [-0.2, 0) is 17.7 Å². The van der Waals surface area contributed by atoms with Crippen molar-refractivity contribution in [3.8, 4) is 22.3 Å². The van der Waals surface area contributed by atoms with E-state index in [-0.39, 0.29) is 0 Å². The minimum absolute atomic E-state index is 0.441. The van der Waals surface area contributed by atoms with Crippen LogP contribution in [0, 0.1) is 0 Å². The second-order valence-corrected chi connectivity index (χ2v) is 11.0. The Morgan fingerprint density at radius 2 is 1.73 bits per heavy atom. The lowest BCUT2D eigenvalue weighted by molar-refractivity contribution is 0.221. The molecule has 1 saturated heterocycles. The number of hydrogen-bond acceptors (Lipinski definition) is 4. The Labute approximate surface area is 197 Å². The minimum Gasteiger partial charge on any atom is -0.299 e. The van der Waals surface area contributed by atoms with E-state index in [1.807, 2.05) is 29.0 Å². The lowest BCUT2D eigenvalue weighted by atomic mass is 10.1. The van der Waals surface area contributed by atoms with Crippen LogP contribution in [0.2, 0.25) is 0 Å². The fourth-order valence-electron chi connectivity index (χ4n) is 4.68. The van der Waals surface area contributed by atoms with Crippen LogP contribution in [0.25, 0.3) is 27.9 Å². The zero-order valence-electron chi connectivity index (χ0n) is 18.7. The van der Waals surface area contributed by atoms with E-state index in [0.29, 0.717) is 5.25 Å². The molecule has 5 nitrogen and oxygen atoms in total. The van der Waals surface area contributed by atoms with E-state index >= 15 is 0 Å². The average Bonchev–Trinajstić information content (AvgIpc) is 3.63. The maximum absolute atomic E-state index is 10.6. The first-order valence-electron chi connectivity index (χ1n) is 11.9. The number of likely N-dealkylation sites (tertiary alicyclic amines) is 1. The van der Waals surface area contributed by atoms with Gasteiger partial charge in [-0.05, 0) is 48.7 Å². The topological polar surface area (TPSA) is 53.7 Å². The lowest BCUT2D eigenvalue weighted by Crippen LogP contribution is -2.28. The number of piperidine rings is 1. The maximum atomic E-state index is 10.6. The summed E-state index contributed by atoms with van der Waals surface area (Å²) in [4.78, 5) is 8.33. The van der Waals surface area contributed by atoms with Gasteiger partial charge in [0.15, 0.2) is 27.0 Å². The van der Waals surface area contributed by atoms with Gasteiger partial charge in [0.2, 0.25) is 0 Å². The minimum atomic E-state index is -0.664. The molecule has 1 unspecified atom stereocenters. The summed E-state index contributed by atoms with van der Waals surface area (Å²) < 4.78 is 12.4. The Bertz CT molecular complexity index is 1260. The summed E-state index contributed by atoms with van der Waals surface area (Å²) in [7, 11) is 0. The van der Waals surface area contributed by atoms with Crippen LogP contribution in [0.5, 0.6) is 0 Å². The standard InChI is InChI=1S/C27H29N4OS/c32-33(24-11-12-24)25-6-4-5-22(15-25)26-17-29-31-19-23(16-28-27(26)31)21-9-7-20(8-10-21)18-30-13-2-1-3-14-30/h4-10,15-17,19,24,32H,1-3,11-14,18H2/q+1. The van der Waals surface area contributed by atoms with E-state index < -0.39 is 11.2 Å². The van der Waals surface area contributed by atoms with Gasteiger partial charge in [-0.3, -0.25) is 4.90 Å². The number of rotatable bonds is 6. The molecule has 0 radical (unpaired) electrons. The number of hydrogen-bond donors (Lipinski definition) is 1. The molecule has 3 heterocycles. The van der Waals surface area contributed by atoms with Crippen molar-refractivity contribution < 1.29 is 4.55 Å². The summed E-state index contributed by atoms with van der Waals surface area (Å²) in [6.45, 7) is 3.47. The molecule has 168 valence electrons. The number of fused-ring (bicyclic) bond motifs is 1. The molecule has 4 aromatic rings. The van der Waals surface area contributed by atoms with Gasteiger partial charge in [-0.1, -0.05) is 42.8 Å². The summed E-state index contributed by atoms with van der Waals surface area (Å²) in [6, 6.07) is 17.1. The quantitative estimate of drug-likeness (QED) is 0.380. The SMILES string of the molecule is O[S+](c1cccc(-c2cnn3cc(-c4ccc(CN5CCCCC5)cc4)cnc23)c1)C1CC1. The van der Waals surface area contributed by atoms with Gasteiger partial charge in [0.05, 0.1) is 6.20 Å². The summed E-state index contributed by atoms with van der Waals surface area (Å²) in [6.07, 6.45) is 12.1. The van der Waals surface area contributed by atoms with Gasteiger partial charge in [0, 0.05) is 49.0 Å². The third-order valence-corrected chi connectivity index (χ3v) is 8.57. The van der Waals surface area contributed by atoms with Gasteiger partial charge in [0.25, 0.3) is 0 Å². The molecule has 0 spiro atoms. The Hall–Kier alpha value is -2.67. The summed E-state index contributed by atoms with van der Waals surface area (Å²) in [5, 5.41) is 5.03. The predicted molar refractivity (Wildman–Crippen MR) is 134 cm³/mol. The third-order valence-electron chi connectivity index (χ3n) is 6.73. The summed E-state index contributed by atoms with van der Waals surface area (Å²) in [5.41, 5.74) is 6.46. The van der Waals surface area contributed by atoms with E-state index in [9.17, 15) is 4.55 Å². The van der Waals surface area contributed by atoms with Gasteiger partial charge in [0.1, 0.15) is 0 Å². The van der Waals surface area contributed by atoms with Crippen LogP contribution < -0.4 is 0 Å². The van der Waals surface area contributed by atoms with Crippen molar-refractivity contribution in [3.05, 3.63) is 72.7 Å². The highest BCUT2D eigenvalue weighted by molar-refractivity contribution is 7.92. The zero-order valence-corrected chi connectivity index (χ0v) is 19.5. The van der Waals surface area contributed by atoms with E-state index in [0.717, 1.165) is 52.2 Å². The van der Waals surface area contributed by atoms with Gasteiger partial charge in [-0.15, -0.1) is 0 Å². The number of nitrogens with zero attached hydrogens (tertiary/aromatic N) is 4. The summed E-state index contributed by atoms with van der Waals surface area (Å²) >= 11 is -0.664. The number of aromatic nitrogens is 3. The molecule has 33 heavy (non-hydrogen) atoms. The molecule has 2 aromatic carbocycles. The molecule has 1 aliphatic carbocycles. The van der Waals surface area contributed by atoms with Crippen molar-refractivity contribution in [3.63, 3.8) is 0 Å². The van der Waals surface area contributed by atoms with E-state index in [4.69, 9.17) is 4.98 Å². The molecule has 6 heteroatoms. The zero-order chi connectivity index (χ0) is 22.2. The van der Waals surface area contributed by atoms with E-state index in [2.05, 4.69) is 52.6 Å². The molecule has 0 bridgehead atoms. The molecule has 1 saturated carbocycles. The van der Waals surface area contributed by atoms with Crippen LogP contribution in [0.4, 0.5) is 0 Å². The molecule has 6 rings (SSSR count). The fraction of sp³-hybridized carbons (Fsp3) is 0.333. The highest BCUT2D eigenvalue weighted by Crippen LogP contribution is 2.35. The normalized spacial score (nSPS) is 18.0. The van der Waals surface area contributed by atoms with E-state index in [1.165, 1.54) is 37.9 Å². The second kappa shape index (κ2) is 8.93. The Kier molecular flexibility index (Phi) is 5.66. The highest BCUT2D eigenvalue weighted by Gasteiger charge is 2.42. The van der Waals surface area contributed by atoms with Crippen LogP contribution >= 0.6 is 0 Å². The first-order chi connectivity index (χ1) is 16.2. The maximum Gasteiger partial charge on any atom is 0.190 e. The molecular weight excluding hydrogens is 428 g/mol. The monoisotopic (exact) mass is 457 g/mol. The van der Waals surface area contributed by atoms with Crippen LogP contribution in [0.3, 0.4) is 0 Å². The van der Waals surface area contributed by atoms with Crippen molar-refractivity contribution in [2.75, 3.05) is 13.1 Å². The molecule has 2 aliphatic rings. The highest BCUT2D eigenvalue weighted by atomic mass is 32.2. The fourth-order valence-corrected chi connectivity index (χ4v) is 6.12. The average molecular weight is 458 g/mol. The van der Waals surface area contributed by atoms with Crippen molar-refractivity contribution in [2.24, 2.45) is 0 Å². The van der Waals surface area contributed by atoms with Gasteiger partial charge >= 0.3 is 0 Å². The predicted octanol–water partition coefficient (Wildman–Crippen LogP) is 5.66. The lowest BCUT2D eigenvalue weighted by Gasteiger charge is -2.26. The van der Waals surface area contributed by atoms with E-state index in [1.54, 1.807) is 0 Å². The summed E-state index contributed by atoms with van der Waals surface area (Å²) in [5.74, 6) is 0. The first-order valence-corrected chi connectivity index (χ1v) is 13.2. The molecule has 1 atom stereocenters. The Morgan fingerprint density at radius 3 is 2.52 bits per heavy atom. The van der Waals surface area contributed by atoms with Crippen LogP contribution in [0.15, 0.2) is 72.0 Å². The second-order valence-electron chi connectivity index (χ2n) is 9.24. The van der Waals surface area contributed by atoms with Gasteiger partial charge in [-0.25, -0.2) is 9.50 Å². The largest absolute Gasteiger partial charge is 0.299 e. The molecule has 1 aliphatic heterocycles. The Morgan fingerprint density at radius 1 is 0.909 bits per heavy atom.